The van der Waals surface area contributed by atoms with Gasteiger partial charge in [0.1, 0.15) is 0 Å². The summed E-state index contributed by atoms with van der Waals surface area (Å²) in [5.74, 6) is -0.540. The number of rotatable bonds is 6. The van der Waals surface area contributed by atoms with Gasteiger partial charge in [-0.1, -0.05) is 53.0 Å². The maximum Gasteiger partial charge on any atom is 0.239 e. The number of hydrogen-bond acceptors (Lipinski definition) is 3. The summed E-state index contributed by atoms with van der Waals surface area (Å²) >= 11 is 17.9. The highest BCUT2D eigenvalue weighted by molar-refractivity contribution is 7.88. The molecule has 0 radical (unpaired) electrons. The normalized spacial score (nSPS) is 11.6. The van der Waals surface area contributed by atoms with E-state index in [1.165, 1.54) is 12.1 Å². The van der Waals surface area contributed by atoms with E-state index in [9.17, 15) is 13.2 Å². The average molecular weight is 422 g/mol. The maximum absolute atomic E-state index is 12.3. The zero-order chi connectivity index (χ0) is 18.6. The van der Waals surface area contributed by atoms with Crippen LogP contribution in [0.2, 0.25) is 15.1 Å². The van der Waals surface area contributed by atoms with E-state index in [0.29, 0.717) is 26.3 Å². The predicted molar refractivity (Wildman–Crippen MR) is 102 cm³/mol. The summed E-state index contributed by atoms with van der Waals surface area (Å²) in [6.07, 6.45) is 1.03. The number of nitrogens with zero attached hydrogens (tertiary/aromatic N) is 1. The van der Waals surface area contributed by atoms with Crippen molar-refractivity contribution in [3.8, 4) is 0 Å². The van der Waals surface area contributed by atoms with Gasteiger partial charge in [-0.2, -0.15) is 4.31 Å². The molecule has 1 N–H and O–H groups in total. The fourth-order valence-electron chi connectivity index (χ4n) is 2.05. The van der Waals surface area contributed by atoms with Gasteiger partial charge in [-0.15, -0.1) is 0 Å². The first-order chi connectivity index (χ1) is 11.7. The van der Waals surface area contributed by atoms with Crippen molar-refractivity contribution in [3.63, 3.8) is 0 Å². The summed E-state index contributed by atoms with van der Waals surface area (Å²) in [4.78, 5) is 12.3. The molecule has 5 nitrogen and oxygen atoms in total. The Morgan fingerprint density at radius 2 is 1.76 bits per heavy atom. The van der Waals surface area contributed by atoms with Gasteiger partial charge in [0, 0.05) is 16.6 Å². The summed E-state index contributed by atoms with van der Waals surface area (Å²) in [5.41, 5.74) is 0.911. The molecule has 2 aromatic rings. The lowest BCUT2D eigenvalue weighted by molar-refractivity contribution is -0.116. The van der Waals surface area contributed by atoms with Crippen molar-refractivity contribution in [2.45, 2.75) is 6.54 Å². The quantitative estimate of drug-likeness (QED) is 0.765. The van der Waals surface area contributed by atoms with Gasteiger partial charge in [0.25, 0.3) is 0 Å². The van der Waals surface area contributed by atoms with E-state index in [-0.39, 0.29) is 13.1 Å². The Morgan fingerprint density at radius 1 is 1.08 bits per heavy atom. The molecule has 0 saturated heterocycles. The van der Waals surface area contributed by atoms with Crippen LogP contribution in [0.4, 0.5) is 5.69 Å². The lowest BCUT2D eigenvalue weighted by Crippen LogP contribution is -2.37. The van der Waals surface area contributed by atoms with E-state index in [1.807, 2.05) is 0 Å². The number of amides is 1. The third-order valence-corrected chi connectivity index (χ3v) is 5.43. The van der Waals surface area contributed by atoms with Crippen LogP contribution >= 0.6 is 34.8 Å². The maximum atomic E-state index is 12.3. The Kier molecular flexibility index (Phi) is 6.71. The van der Waals surface area contributed by atoms with Crippen LogP contribution in [0, 0.1) is 0 Å². The summed E-state index contributed by atoms with van der Waals surface area (Å²) < 4.78 is 25.1. The SMILES string of the molecule is CS(=O)(=O)N(CC(=O)Nc1cc(Cl)ccc1Cl)Cc1ccccc1Cl. The topological polar surface area (TPSA) is 66.5 Å². The molecular weight excluding hydrogens is 407 g/mol. The molecule has 0 aromatic heterocycles. The molecule has 0 unspecified atom stereocenters. The summed E-state index contributed by atoms with van der Waals surface area (Å²) in [7, 11) is -3.63. The zero-order valence-corrected chi connectivity index (χ0v) is 16.3. The summed E-state index contributed by atoms with van der Waals surface area (Å²) in [6, 6.07) is 11.4. The number of benzene rings is 2. The first-order valence-corrected chi connectivity index (χ1v) is 10.1. The van der Waals surface area contributed by atoms with Gasteiger partial charge in [-0.3, -0.25) is 4.79 Å². The number of nitrogens with one attached hydrogen (secondary N) is 1. The largest absolute Gasteiger partial charge is 0.324 e. The molecule has 0 aliphatic rings. The van der Waals surface area contributed by atoms with Gasteiger partial charge < -0.3 is 5.32 Å². The Labute approximate surface area is 161 Å². The third kappa shape index (κ3) is 5.87. The highest BCUT2D eigenvalue weighted by Crippen LogP contribution is 2.25. The Hall–Kier alpha value is -1.31. The fourth-order valence-corrected chi connectivity index (χ4v) is 3.31. The molecule has 0 aliphatic carbocycles. The molecule has 0 saturated carbocycles. The van der Waals surface area contributed by atoms with Crippen molar-refractivity contribution >= 4 is 56.4 Å². The van der Waals surface area contributed by atoms with Gasteiger partial charge in [0.05, 0.1) is 23.5 Å². The fraction of sp³-hybridized carbons (Fsp3) is 0.188. The van der Waals surface area contributed by atoms with E-state index < -0.39 is 15.9 Å². The van der Waals surface area contributed by atoms with Crippen molar-refractivity contribution < 1.29 is 13.2 Å². The third-order valence-electron chi connectivity index (χ3n) is 3.30. The molecule has 0 aliphatic heterocycles. The average Bonchev–Trinajstić information content (AvgIpc) is 2.51. The molecule has 0 atom stereocenters. The molecular formula is C16H15Cl3N2O3S. The van der Waals surface area contributed by atoms with E-state index in [4.69, 9.17) is 34.8 Å². The van der Waals surface area contributed by atoms with E-state index in [1.54, 1.807) is 30.3 Å². The Morgan fingerprint density at radius 3 is 2.40 bits per heavy atom. The van der Waals surface area contributed by atoms with Gasteiger partial charge >= 0.3 is 0 Å². The lowest BCUT2D eigenvalue weighted by Gasteiger charge is -2.20. The molecule has 2 aromatic carbocycles. The van der Waals surface area contributed by atoms with E-state index in [2.05, 4.69) is 5.32 Å². The molecule has 2 rings (SSSR count). The Balaban J connectivity index is 2.16. The number of anilines is 1. The van der Waals surface area contributed by atoms with Crippen molar-refractivity contribution in [2.75, 3.05) is 18.1 Å². The monoisotopic (exact) mass is 420 g/mol. The van der Waals surface area contributed by atoms with Gasteiger partial charge in [0.2, 0.25) is 15.9 Å². The molecule has 134 valence electrons. The van der Waals surface area contributed by atoms with Crippen LogP contribution in [0.1, 0.15) is 5.56 Å². The first-order valence-electron chi connectivity index (χ1n) is 7.10. The second-order valence-corrected chi connectivity index (χ2v) is 8.53. The van der Waals surface area contributed by atoms with Crippen LogP contribution in [0.25, 0.3) is 0 Å². The van der Waals surface area contributed by atoms with Crippen LogP contribution in [-0.2, 0) is 21.4 Å². The van der Waals surface area contributed by atoms with Crippen molar-refractivity contribution in [1.82, 2.24) is 4.31 Å². The standard InChI is InChI=1S/C16H15Cl3N2O3S/c1-25(23,24)21(9-11-4-2-3-5-13(11)18)10-16(22)20-15-8-12(17)6-7-14(15)19/h2-8H,9-10H2,1H3,(H,20,22). The number of carbonyl (C=O) groups excluding carboxylic acids is 1. The molecule has 0 bridgehead atoms. The molecule has 1 amide bonds. The minimum absolute atomic E-state index is 0.0186. The number of sulfonamides is 1. The zero-order valence-electron chi connectivity index (χ0n) is 13.2. The Bertz CT molecular complexity index is 888. The second kappa shape index (κ2) is 8.38. The van der Waals surface area contributed by atoms with Crippen LogP contribution in [0.5, 0.6) is 0 Å². The summed E-state index contributed by atoms with van der Waals surface area (Å²) in [6.45, 7) is -0.401. The highest BCUT2D eigenvalue weighted by atomic mass is 35.5. The number of carbonyl (C=O) groups is 1. The van der Waals surface area contributed by atoms with Crippen LogP contribution < -0.4 is 5.32 Å². The van der Waals surface area contributed by atoms with Gasteiger partial charge in [-0.05, 0) is 29.8 Å². The van der Waals surface area contributed by atoms with E-state index in [0.717, 1.165) is 10.6 Å². The molecule has 0 fully saturated rings. The molecule has 0 spiro atoms. The molecule has 9 heteroatoms. The van der Waals surface area contributed by atoms with Crippen LogP contribution in [-0.4, -0.2) is 31.4 Å². The van der Waals surface area contributed by atoms with Gasteiger partial charge in [-0.25, -0.2) is 8.42 Å². The molecule has 0 heterocycles. The predicted octanol–water partition coefficient (Wildman–Crippen LogP) is 4.05. The number of hydrogen-bond donors (Lipinski definition) is 1. The molecule has 25 heavy (non-hydrogen) atoms. The van der Waals surface area contributed by atoms with E-state index >= 15 is 0 Å². The van der Waals surface area contributed by atoms with Gasteiger partial charge in [0.15, 0.2) is 0 Å². The second-order valence-electron chi connectivity index (χ2n) is 5.29. The van der Waals surface area contributed by atoms with Crippen molar-refractivity contribution in [2.24, 2.45) is 0 Å². The summed E-state index contributed by atoms with van der Waals surface area (Å²) in [5, 5.41) is 3.68. The minimum Gasteiger partial charge on any atom is -0.324 e. The first kappa shape index (κ1) is 20.0. The van der Waals surface area contributed by atoms with Crippen LogP contribution in [0.15, 0.2) is 42.5 Å². The minimum atomic E-state index is -3.63. The lowest BCUT2D eigenvalue weighted by atomic mass is 10.2. The smallest absolute Gasteiger partial charge is 0.239 e. The van der Waals surface area contributed by atoms with Crippen molar-refractivity contribution in [3.05, 3.63) is 63.1 Å². The van der Waals surface area contributed by atoms with Crippen LogP contribution in [0.3, 0.4) is 0 Å². The highest BCUT2D eigenvalue weighted by Gasteiger charge is 2.22. The van der Waals surface area contributed by atoms with Crippen molar-refractivity contribution in [1.29, 1.82) is 0 Å². The number of halogens is 3.